The van der Waals surface area contributed by atoms with E-state index in [4.69, 9.17) is 0 Å². The predicted octanol–water partition coefficient (Wildman–Crippen LogP) is 3.50. The van der Waals surface area contributed by atoms with Gasteiger partial charge in [-0.05, 0) is 17.9 Å². The van der Waals surface area contributed by atoms with Gasteiger partial charge in [0.2, 0.25) is 5.16 Å². The topological polar surface area (TPSA) is 41.6 Å². The molecule has 2 heterocycles. The van der Waals surface area contributed by atoms with Crippen molar-refractivity contribution in [1.82, 2.24) is 15.2 Å². The van der Waals surface area contributed by atoms with Gasteiger partial charge in [-0.1, -0.05) is 31.2 Å². The first-order valence-electron chi connectivity index (χ1n) is 5.45. The van der Waals surface area contributed by atoms with Gasteiger partial charge >= 0.3 is 0 Å². The van der Waals surface area contributed by atoms with Crippen molar-refractivity contribution in [3.05, 3.63) is 28.2 Å². The molecular weight excluding hydrogens is 238 g/mol. The van der Waals surface area contributed by atoms with Crippen molar-refractivity contribution in [3.63, 3.8) is 0 Å². The molecule has 0 saturated heterocycles. The van der Waals surface area contributed by atoms with Gasteiger partial charge in [-0.15, -0.1) is 16.4 Å². The average Bonchev–Trinajstić information content (AvgIpc) is 2.95. The van der Waals surface area contributed by atoms with E-state index in [0.29, 0.717) is 0 Å². The fourth-order valence-corrected chi connectivity index (χ4v) is 2.92. The second-order valence-corrected chi connectivity index (χ2v) is 5.51. The van der Waals surface area contributed by atoms with Crippen molar-refractivity contribution < 1.29 is 0 Å². The van der Waals surface area contributed by atoms with Crippen LogP contribution in [0.5, 0.6) is 0 Å². The van der Waals surface area contributed by atoms with Crippen molar-refractivity contribution in [2.24, 2.45) is 0 Å². The molecule has 5 heteroatoms. The van der Waals surface area contributed by atoms with Crippen molar-refractivity contribution in [1.29, 1.82) is 0 Å². The molecule has 86 valence electrons. The van der Waals surface area contributed by atoms with Crippen LogP contribution >= 0.6 is 23.1 Å². The number of unbranched alkanes of at least 4 members (excludes halogenated alkanes) is 1. The van der Waals surface area contributed by atoms with Crippen LogP contribution in [0, 0.1) is 0 Å². The monoisotopic (exact) mass is 253 g/mol. The molecule has 16 heavy (non-hydrogen) atoms. The second kappa shape index (κ2) is 6.06. The zero-order valence-corrected chi connectivity index (χ0v) is 10.9. The number of thiophene rings is 1. The molecule has 0 aromatic carbocycles. The second-order valence-electron chi connectivity index (χ2n) is 3.54. The third-order valence-corrected chi connectivity index (χ3v) is 4.16. The van der Waals surface area contributed by atoms with Crippen LogP contribution in [0.2, 0.25) is 0 Å². The van der Waals surface area contributed by atoms with Crippen LogP contribution < -0.4 is 0 Å². The van der Waals surface area contributed by atoms with Gasteiger partial charge in [-0.25, -0.2) is 4.98 Å². The molecule has 1 N–H and O–H groups in total. The normalized spacial score (nSPS) is 10.8. The zero-order valence-electron chi connectivity index (χ0n) is 9.27. The highest BCUT2D eigenvalue weighted by Crippen LogP contribution is 2.22. The van der Waals surface area contributed by atoms with Crippen molar-refractivity contribution in [3.8, 4) is 0 Å². The number of H-pyrrole nitrogens is 1. The Labute approximate surface area is 104 Å². The largest absolute Gasteiger partial charge is 0.262 e. The maximum atomic E-state index is 4.45. The van der Waals surface area contributed by atoms with Gasteiger partial charge in [0, 0.05) is 17.1 Å². The van der Waals surface area contributed by atoms with Crippen LogP contribution in [0.3, 0.4) is 0 Å². The lowest BCUT2D eigenvalue weighted by Crippen LogP contribution is -1.86. The summed E-state index contributed by atoms with van der Waals surface area (Å²) in [5, 5.41) is 10.2. The molecular formula is C11H15N3S2. The van der Waals surface area contributed by atoms with Crippen LogP contribution in [0.15, 0.2) is 22.7 Å². The van der Waals surface area contributed by atoms with Crippen LogP contribution in [0.1, 0.15) is 30.5 Å². The SMILES string of the molecule is CCCCc1nc(SCc2cccs2)n[nH]1. The van der Waals surface area contributed by atoms with Gasteiger partial charge in [-0.2, -0.15) is 0 Å². The Hall–Kier alpha value is -0.810. The molecule has 0 saturated carbocycles. The van der Waals surface area contributed by atoms with Gasteiger partial charge in [0.1, 0.15) is 5.82 Å². The Kier molecular flexibility index (Phi) is 4.42. The maximum Gasteiger partial charge on any atom is 0.208 e. The summed E-state index contributed by atoms with van der Waals surface area (Å²) in [5.41, 5.74) is 0. The third kappa shape index (κ3) is 3.35. The highest BCUT2D eigenvalue weighted by molar-refractivity contribution is 7.98. The fraction of sp³-hybridized carbons (Fsp3) is 0.455. The summed E-state index contributed by atoms with van der Waals surface area (Å²) >= 11 is 3.47. The molecule has 2 aromatic rings. The lowest BCUT2D eigenvalue weighted by molar-refractivity contribution is 0.755. The van der Waals surface area contributed by atoms with E-state index < -0.39 is 0 Å². The minimum Gasteiger partial charge on any atom is -0.262 e. The molecule has 0 radical (unpaired) electrons. The molecule has 0 fully saturated rings. The molecule has 3 nitrogen and oxygen atoms in total. The number of hydrogen-bond donors (Lipinski definition) is 1. The van der Waals surface area contributed by atoms with E-state index >= 15 is 0 Å². The summed E-state index contributed by atoms with van der Waals surface area (Å²) in [5.74, 6) is 1.97. The lowest BCUT2D eigenvalue weighted by Gasteiger charge is -1.92. The number of aromatic nitrogens is 3. The number of nitrogens with zero attached hydrogens (tertiary/aromatic N) is 2. The Morgan fingerprint density at radius 1 is 1.50 bits per heavy atom. The van der Waals surface area contributed by atoms with Crippen molar-refractivity contribution in [2.75, 3.05) is 0 Å². The molecule has 2 aromatic heterocycles. The number of nitrogens with one attached hydrogen (secondary N) is 1. The summed E-state index contributed by atoms with van der Waals surface area (Å²) in [6.45, 7) is 2.18. The number of hydrogen-bond acceptors (Lipinski definition) is 4. The first kappa shape index (κ1) is 11.7. The van der Waals surface area contributed by atoms with E-state index in [2.05, 4.69) is 39.6 Å². The number of rotatable bonds is 6. The molecule has 0 unspecified atom stereocenters. The summed E-state index contributed by atoms with van der Waals surface area (Å²) in [7, 11) is 0. The maximum absolute atomic E-state index is 4.45. The smallest absolute Gasteiger partial charge is 0.208 e. The van der Waals surface area contributed by atoms with Gasteiger partial charge in [0.15, 0.2) is 0 Å². The van der Waals surface area contributed by atoms with E-state index in [0.717, 1.165) is 23.2 Å². The van der Waals surface area contributed by atoms with Gasteiger partial charge in [0.05, 0.1) is 0 Å². The van der Waals surface area contributed by atoms with Crippen LogP contribution in [0.25, 0.3) is 0 Å². The highest BCUT2D eigenvalue weighted by atomic mass is 32.2. The number of thioether (sulfide) groups is 1. The third-order valence-electron chi connectivity index (χ3n) is 2.20. The Morgan fingerprint density at radius 2 is 2.44 bits per heavy atom. The van der Waals surface area contributed by atoms with Gasteiger partial charge in [0.25, 0.3) is 0 Å². The van der Waals surface area contributed by atoms with Crippen LogP contribution in [-0.4, -0.2) is 15.2 Å². The fourth-order valence-electron chi connectivity index (χ4n) is 1.33. The minimum atomic E-state index is 0.861. The zero-order chi connectivity index (χ0) is 11.2. The Bertz CT molecular complexity index is 409. The summed E-state index contributed by atoms with van der Waals surface area (Å²) in [6, 6.07) is 4.22. The summed E-state index contributed by atoms with van der Waals surface area (Å²) in [6.07, 6.45) is 3.37. The van der Waals surface area contributed by atoms with Gasteiger partial charge < -0.3 is 0 Å². The Balaban J connectivity index is 1.83. The molecule has 0 bridgehead atoms. The van der Waals surface area contributed by atoms with Crippen LogP contribution in [-0.2, 0) is 12.2 Å². The minimum absolute atomic E-state index is 0.861. The van der Waals surface area contributed by atoms with Crippen molar-refractivity contribution >= 4 is 23.1 Å². The standard InChI is InChI=1S/C11H15N3S2/c1-2-3-6-10-12-11(14-13-10)16-8-9-5-4-7-15-9/h4-5,7H,2-3,6,8H2,1H3,(H,12,13,14). The molecule has 0 aliphatic carbocycles. The van der Waals surface area contributed by atoms with E-state index in [-0.39, 0.29) is 0 Å². The average molecular weight is 253 g/mol. The van der Waals surface area contributed by atoms with E-state index in [1.165, 1.54) is 17.7 Å². The molecule has 0 spiro atoms. The lowest BCUT2D eigenvalue weighted by atomic mass is 10.2. The van der Waals surface area contributed by atoms with E-state index in [1.807, 2.05) is 0 Å². The first-order chi connectivity index (χ1) is 7.88. The summed E-state index contributed by atoms with van der Waals surface area (Å²) < 4.78 is 0. The Morgan fingerprint density at radius 3 is 3.19 bits per heavy atom. The summed E-state index contributed by atoms with van der Waals surface area (Å²) in [4.78, 5) is 5.81. The molecule has 0 aliphatic heterocycles. The van der Waals surface area contributed by atoms with E-state index in [1.54, 1.807) is 23.1 Å². The number of aromatic amines is 1. The van der Waals surface area contributed by atoms with E-state index in [9.17, 15) is 0 Å². The van der Waals surface area contributed by atoms with Crippen molar-refractivity contribution in [2.45, 2.75) is 37.1 Å². The highest BCUT2D eigenvalue weighted by Gasteiger charge is 2.04. The molecule has 0 atom stereocenters. The molecule has 0 amide bonds. The first-order valence-corrected chi connectivity index (χ1v) is 7.31. The van der Waals surface area contributed by atoms with Gasteiger partial charge in [-0.3, -0.25) is 5.10 Å². The molecule has 0 aliphatic rings. The quantitative estimate of drug-likeness (QED) is 0.801. The molecule has 2 rings (SSSR count). The van der Waals surface area contributed by atoms with Crippen LogP contribution in [0.4, 0.5) is 0 Å². The predicted molar refractivity (Wildman–Crippen MR) is 68.9 cm³/mol. The number of aryl methyl sites for hydroxylation is 1.